The number of aromatic amines is 1. The van der Waals surface area contributed by atoms with E-state index in [2.05, 4.69) is 15.6 Å². The predicted octanol–water partition coefficient (Wildman–Crippen LogP) is 1.53. The quantitative estimate of drug-likeness (QED) is 0.769. The van der Waals surface area contributed by atoms with Gasteiger partial charge in [-0.1, -0.05) is 0 Å². The number of hydrogen-bond acceptors (Lipinski definition) is 4. The molecule has 5 nitrogen and oxygen atoms in total. The van der Waals surface area contributed by atoms with Crippen molar-refractivity contribution in [1.82, 2.24) is 10.3 Å². The van der Waals surface area contributed by atoms with Crippen LogP contribution in [-0.4, -0.2) is 24.6 Å². The minimum atomic E-state index is -0.402. The summed E-state index contributed by atoms with van der Waals surface area (Å²) in [5.41, 5.74) is 2.38. The number of nitrogens with one attached hydrogen (secondary N) is 3. The van der Waals surface area contributed by atoms with Crippen molar-refractivity contribution in [3.8, 4) is 0 Å². The van der Waals surface area contributed by atoms with Gasteiger partial charge in [0.25, 0.3) is 0 Å². The Kier molecular flexibility index (Phi) is 3.06. The number of rotatable bonds is 3. The minimum Gasteiger partial charge on any atom is -0.408 e. The molecule has 0 atom stereocenters. The van der Waals surface area contributed by atoms with Gasteiger partial charge in [-0.25, -0.2) is 4.79 Å². The lowest BCUT2D eigenvalue weighted by Gasteiger charge is -2.23. The first kappa shape index (κ1) is 11.3. The van der Waals surface area contributed by atoms with Crippen molar-refractivity contribution in [1.29, 1.82) is 0 Å². The molecule has 1 fully saturated rings. The van der Waals surface area contributed by atoms with Gasteiger partial charge in [-0.05, 0) is 50.0 Å². The molecule has 3 N–H and O–H groups in total. The molecular weight excluding hydrogens is 230 g/mol. The number of benzene rings is 1. The molecule has 0 bridgehead atoms. The molecule has 96 valence electrons. The van der Waals surface area contributed by atoms with Crippen molar-refractivity contribution >= 4 is 16.8 Å². The van der Waals surface area contributed by atoms with E-state index in [1.165, 1.54) is 12.8 Å². The van der Waals surface area contributed by atoms with Gasteiger partial charge in [-0.2, -0.15) is 0 Å². The van der Waals surface area contributed by atoms with Crippen LogP contribution in [0.4, 0.5) is 5.69 Å². The second-order valence-corrected chi connectivity index (χ2v) is 4.80. The molecule has 18 heavy (non-hydrogen) atoms. The van der Waals surface area contributed by atoms with E-state index >= 15 is 0 Å². The van der Waals surface area contributed by atoms with E-state index in [1.54, 1.807) is 0 Å². The van der Waals surface area contributed by atoms with Crippen LogP contribution in [0.2, 0.25) is 0 Å². The summed E-state index contributed by atoms with van der Waals surface area (Å²) in [5.74, 6) is 0.325. The second-order valence-electron chi connectivity index (χ2n) is 4.80. The number of fused-ring (bicyclic) bond motifs is 1. The fraction of sp³-hybridized carbons (Fsp3) is 0.462. The maximum atomic E-state index is 11.1. The van der Waals surface area contributed by atoms with Crippen LogP contribution in [0.5, 0.6) is 0 Å². The number of anilines is 1. The first-order valence-corrected chi connectivity index (χ1v) is 6.39. The van der Waals surface area contributed by atoms with Crippen LogP contribution in [0.3, 0.4) is 0 Å². The van der Waals surface area contributed by atoms with Crippen LogP contribution in [0.1, 0.15) is 12.8 Å². The first-order chi connectivity index (χ1) is 8.81. The maximum absolute atomic E-state index is 11.1. The summed E-state index contributed by atoms with van der Waals surface area (Å²) in [6.45, 7) is 3.20. The number of aromatic nitrogens is 1. The number of H-pyrrole nitrogens is 1. The summed E-state index contributed by atoms with van der Waals surface area (Å²) in [5, 5.41) is 6.78. The van der Waals surface area contributed by atoms with E-state index in [0.717, 1.165) is 36.8 Å². The molecule has 0 amide bonds. The Morgan fingerprint density at radius 3 is 3.00 bits per heavy atom. The molecule has 5 heteroatoms. The zero-order valence-electron chi connectivity index (χ0n) is 10.2. The lowest BCUT2D eigenvalue weighted by Crippen LogP contribution is -2.31. The van der Waals surface area contributed by atoms with Crippen molar-refractivity contribution in [3.63, 3.8) is 0 Å². The van der Waals surface area contributed by atoms with Gasteiger partial charge >= 0.3 is 5.76 Å². The van der Waals surface area contributed by atoms with E-state index in [4.69, 9.17) is 4.42 Å². The summed E-state index contributed by atoms with van der Waals surface area (Å²) in [4.78, 5) is 13.7. The zero-order valence-corrected chi connectivity index (χ0v) is 10.2. The Labute approximate surface area is 105 Å². The number of hydrogen-bond donors (Lipinski definition) is 3. The third-order valence-corrected chi connectivity index (χ3v) is 3.47. The Morgan fingerprint density at radius 1 is 1.33 bits per heavy atom. The number of piperidine rings is 1. The lowest BCUT2D eigenvalue weighted by molar-refractivity contribution is 0.390. The molecule has 1 aliphatic rings. The molecule has 2 aromatic rings. The third kappa shape index (κ3) is 2.41. The Hall–Kier alpha value is -1.75. The molecule has 0 saturated carbocycles. The molecule has 0 unspecified atom stereocenters. The molecule has 1 aromatic heterocycles. The van der Waals surface area contributed by atoms with E-state index in [1.807, 2.05) is 18.2 Å². The molecule has 0 aliphatic carbocycles. The van der Waals surface area contributed by atoms with E-state index in [9.17, 15) is 4.79 Å². The summed E-state index contributed by atoms with van der Waals surface area (Å²) in [6.07, 6.45) is 2.44. The van der Waals surface area contributed by atoms with Crippen molar-refractivity contribution in [2.45, 2.75) is 12.8 Å². The monoisotopic (exact) mass is 247 g/mol. The van der Waals surface area contributed by atoms with Crippen molar-refractivity contribution < 1.29 is 4.42 Å². The van der Waals surface area contributed by atoms with Gasteiger partial charge in [0, 0.05) is 12.2 Å². The summed E-state index contributed by atoms with van der Waals surface area (Å²) < 4.78 is 4.97. The van der Waals surface area contributed by atoms with Crippen molar-refractivity contribution in [3.05, 3.63) is 28.7 Å². The van der Waals surface area contributed by atoms with Crippen LogP contribution >= 0.6 is 0 Å². The highest BCUT2D eigenvalue weighted by atomic mass is 16.4. The van der Waals surface area contributed by atoms with Gasteiger partial charge in [0.1, 0.15) is 0 Å². The van der Waals surface area contributed by atoms with Crippen LogP contribution < -0.4 is 16.4 Å². The average molecular weight is 247 g/mol. The Morgan fingerprint density at radius 2 is 2.17 bits per heavy atom. The Bertz CT molecular complexity index is 581. The largest absolute Gasteiger partial charge is 0.417 e. The zero-order chi connectivity index (χ0) is 12.4. The van der Waals surface area contributed by atoms with Gasteiger partial charge in [0.15, 0.2) is 5.58 Å². The van der Waals surface area contributed by atoms with Gasteiger partial charge in [0.05, 0.1) is 5.52 Å². The third-order valence-electron chi connectivity index (χ3n) is 3.47. The van der Waals surface area contributed by atoms with Gasteiger partial charge in [0.2, 0.25) is 0 Å². The standard InChI is InChI=1S/C13H17N3O2/c17-13-16-11-7-10(1-2-12(11)18-13)15-8-9-3-5-14-6-4-9/h1-2,7,9,14-15H,3-6,8H2,(H,16,17). The smallest absolute Gasteiger partial charge is 0.408 e. The van der Waals surface area contributed by atoms with Gasteiger partial charge < -0.3 is 15.1 Å². The predicted molar refractivity (Wildman–Crippen MR) is 70.9 cm³/mol. The summed E-state index contributed by atoms with van der Waals surface area (Å²) in [6, 6.07) is 5.68. The molecular formula is C13H17N3O2. The van der Waals surface area contributed by atoms with E-state index < -0.39 is 5.76 Å². The normalized spacial score (nSPS) is 17.1. The fourth-order valence-corrected chi connectivity index (χ4v) is 2.41. The SMILES string of the molecule is O=c1[nH]c2cc(NCC3CCNCC3)ccc2o1. The number of oxazole rings is 1. The first-order valence-electron chi connectivity index (χ1n) is 6.39. The highest BCUT2D eigenvalue weighted by molar-refractivity contribution is 5.76. The molecule has 2 heterocycles. The fourth-order valence-electron chi connectivity index (χ4n) is 2.41. The molecule has 1 aromatic carbocycles. The highest BCUT2D eigenvalue weighted by Crippen LogP contribution is 2.18. The van der Waals surface area contributed by atoms with Gasteiger partial charge in [-0.15, -0.1) is 0 Å². The topological polar surface area (TPSA) is 70.1 Å². The lowest BCUT2D eigenvalue weighted by atomic mass is 9.98. The van der Waals surface area contributed by atoms with Crippen molar-refractivity contribution in [2.75, 3.05) is 25.0 Å². The average Bonchev–Trinajstić information content (AvgIpc) is 2.77. The molecule has 3 rings (SSSR count). The van der Waals surface area contributed by atoms with E-state index in [0.29, 0.717) is 5.58 Å². The molecule has 0 spiro atoms. The highest BCUT2D eigenvalue weighted by Gasteiger charge is 2.12. The van der Waals surface area contributed by atoms with Crippen LogP contribution in [-0.2, 0) is 0 Å². The van der Waals surface area contributed by atoms with Crippen molar-refractivity contribution in [2.24, 2.45) is 5.92 Å². The van der Waals surface area contributed by atoms with Crippen LogP contribution in [0.25, 0.3) is 11.1 Å². The Balaban J connectivity index is 1.68. The van der Waals surface area contributed by atoms with E-state index in [-0.39, 0.29) is 0 Å². The summed E-state index contributed by atoms with van der Waals surface area (Å²) in [7, 11) is 0. The van der Waals surface area contributed by atoms with Crippen LogP contribution in [0, 0.1) is 5.92 Å². The molecule has 1 aliphatic heterocycles. The maximum Gasteiger partial charge on any atom is 0.417 e. The summed E-state index contributed by atoms with van der Waals surface area (Å²) >= 11 is 0. The van der Waals surface area contributed by atoms with Crippen LogP contribution in [0.15, 0.2) is 27.4 Å². The second kappa shape index (κ2) is 4.86. The minimum absolute atomic E-state index is 0.402. The molecule has 0 radical (unpaired) electrons. The van der Waals surface area contributed by atoms with Gasteiger partial charge in [-0.3, -0.25) is 4.98 Å². The molecule has 1 saturated heterocycles.